The number of nitrogens with zero attached hydrogens (tertiary/aromatic N) is 1. The quantitative estimate of drug-likeness (QED) is 0.406. The predicted octanol–water partition coefficient (Wildman–Crippen LogP) is 2.54. The lowest BCUT2D eigenvalue weighted by molar-refractivity contribution is -0.385. The van der Waals surface area contributed by atoms with Crippen molar-refractivity contribution in [2.45, 2.75) is 25.7 Å². The molecule has 0 heterocycles. The van der Waals surface area contributed by atoms with Crippen molar-refractivity contribution in [1.82, 2.24) is 5.32 Å². The van der Waals surface area contributed by atoms with Gasteiger partial charge in [0.25, 0.3) is 5.69 Å². The van der Waals surface area contributed by atoms with Crippen molar-refractivity contribution < 1.29 is 9.66 Å². The Kier molecular flexibility index (Phi) is 5.95. The normalized spacial score (nSPS) is 14.4. The van der Waals surface area contributed by atoms with E-state index < -0.39 is 0 Å². The molecule has 1 N–H and O–H groups in total. The average Bonchev–Trinajstić information content (AvgIpc) is 3.26. The monoisotopic (exact) mass is 278 g/mol. The summed E-state index contributed by atoms with van der Waals surface area (Å²) in [5.74, 6) is 0.821. The fourth-order valence-electron chi connectivity index (χ4n) is 2.08. The minimum absolute atomic E-state index is 0.210. The first-order valence-corrected chi connectivity index (χ1v) is 7.28. The minimum atomic E-state index is -0.318. The first-order valence-electron chi connectivity index (χ1n) is 7.28. The van der Waals surface area contributed by atoms with Crippen LogP contribution in [0.3, 0.4) is 0 Å². The minimum Gasteiger partial charge on any atom is -0.381 e. The predicted molar refractivity (Wildman–Crippen MR) is 77.8 cm³/mol. The van der Waals surface area contributed by atoms with Crippen LogP contribution in [0, 0.1) is 16.0 Å². The summed E-state index contributed by atoms with van der Waals surface area (Å²) in [6.07, 6.45) is 4.33. The molecule has 1 aromatic rings. The number of benzene rings is 1. The van der Waals surface area contributed by atoms with Crippen molar-refractivity contribution in [2.24, 2.45) is 5.92 Å². The molecule has 20 heavy (non-hydrogen) atoms. The van der Waals surface area contributed by atoms with Gasteiger partial charge >= 0.3 is 0 Å². The van der Waals surface area contributed by atoms with Crippen LogP contribution < -0.4 is 5.32 Å². The number of ether oxygens (including phenoxy) is 1. The molecule has 0 radical (unpaired) electrons. The van der Waals surface area contributed by atoms with Crippen molar-refractivity contribution >= 4 is 5.69 Å². The van der Waals surface area contributed by atoms with E-state index in [-0.39, 0.29) is 10.6 Å². The zero-order valence-corrected chi connectivity index (χ0v) is 11.7. The van der Waals surface area contributed by atoms with Crippen molar-refractivity contribution in [3.05, 3.63) is 39.9 Å². The van der Waals surface area contributed by atoms with Gasteiger partial charge in [-0.2, -0.15) is 0 Å². The molecule has 0 aromatic heterocycles. The lowest BCUT2D eigenvalue weighted by atomic mass is 10.1. The highest BCUT2D eigenvalue weighted by Gasteiger charge is 2.20. The van der Waals surface area contributed by atoms with Gasteiger partial charge in [-0.15, -0.1) is 0 Å². The lowest BCUT2D eigenvalue weighted by Gasteiger charge is -2.06. The van der Waals surface area contributed by atoms with E-state index in [1.807, 2.05) is 12.1 Å². The zero-order valence-electron chi connectivity index (χ0n) is 11.7. The van der Waals surface area contributed by atoms with Gasteiger partial charge in [-0.3, -0.25) is 10.1 Å². The number of nitrogens with one attached hydrogen (secondary N) is 1. The maximum absolute atomic E-state index is 10.9. The molecule has 0 atom stereocenters. The highest BCUT2D eigenvalue weighted by molar-refractivity contribution is 5.39. The Morgan fingerprint density at radius 2 is 2.10 bits per heavy atom. The van der Waals surface area contributed by atoms with Crippen LogP contribution in [0.5, 0.6) is 0 Å². The van der Waals surface area contributed by atoms with Crippen LogP contribution in [0.2, 0.25) is 0 Å². The second-order valence-corrected chi connectivity index (χ2v) is 5.26. The van der Waals surface area contributed by atoms with E-state index >= 15 is 0 Å². The molecule has 0 amide bonds. The van der Waals surface area contributed by atoms with Crippen molar-refractivity contribution in [2.75, 3.05) is 26.3 Å². The summed E-state index contributed by atoms with van der Waals surface area (Å²) in [6.45, 7) is 3.37. The fourth-order valence-corrected chi connectivity index (χ4v) is 2.08. The Morgan fingerprint density at radius 3 is 2.85 bits per heavy atom. The molecule has 0 aliphatic heterocycles. The van der Waals surface area contributed by atoms with Gasteiger partial charge in [-0.25, -0.2) is 0 Å². The molecule has 1 aliphatic carbocycles. The van der Waals surface area contributed by atoms with Gasteiger partial charge in [0.2, 0.25) is 0 Å². The summed E-state index contributed by atoms with van der Waals surface area (Å²) in [5.41, 5.74) is 0.997. The second kappa shape index (κ2) is 7.97. The molecule has 2 rings (SSSR count). The molecule has 5 heteroatoms. The Morgan fingerprint density at radius 1 is 1.30 bits per heavy atom. The van der Waals surface area contributed by atoms with Gasteiger partial charge in [-0.1, -0.05) is 18.2 Å². The molecule has 1 saturated carbocycles. The van der Waals surface area contributed by atoms with Gasteiger partial charge in [0.15, 0.2) is 0 Å². The van der Waals surface area contributed by atoms with Crippen LogP contribution in [0.4, 0.5) is 5.69 Å². The summed E-state index contributed by atoms with van der Waals surface area (Å²) >= 11 is 0. The third kappa shape index (κ3) is 5.27. The number of rotatable bonds is 10. The average molecular weight is 278 g/mol. The van der Waals surface area contributed by atoms with Gasteiger partial charge in [0.1, 0.15) is 0 Å². The Balaban J connectivity index is 1.55. The lowest BCUT2D eigenvalue weighted by Crippen LogP contribution is -2.20. The first-order chi connectivity index (χ1) is 9.77. The van der Waals surface area contributed by atoms with Gasteiger partial charge < -0.3 is 10.1 Å². The highest BCUT2D eigenvalue weighted by Crippen LogP contribution is 2.28. The fraction of sp³-hybridized carbons (Fsp3) is 0.600. The SMILES string of the molecule is O=[N+]([O-])c1ccccc1CCNCCCOCC1CC1. The number of nitro benzene ring substituents is 1. The van der Waals surface area contributed by atoms with Crippen LogP contribution in [0.25, 0.3) is 0 Å². The van der Waals surface area contributed by atoms with Crippen LogP contribution in [-0.2, 0) is 11.2 Å². The number of nitro groups is 1. The standard InChI is InChI=1S/C15H22N2O3/c18-17(19)15-5-2-1-4-14(15)8-10-16-9-3-11-20-12-13-6-7-13/h1-2,4-5,13,16H,3,6-12H2. The van der Waals surface area contributed by atoms with Crippen molar-refractivity contribution in [3.63, 3.8) is 0 Å². The van der Waals surface area contributed by atoms with E-state index in [4.69, 9.17) is 4.74 Å². The molecule has 1 aromatic carbocycles. The van der Waals surface area contributed by atoms with E-state index in [0.29, 0.717) is 6.42 Å². The zero-order chi connectivity index (χ0) is 14.2. The molecular weight excluding hydrogens is 256 g/mol. The summed E-state index contributed by atoms with van der Waals surface area (Å²) < 4.78 is 5.54. The molecule has 0 saturated heterocycles. The molecule has 110 valence electrons. The van der Waals surface area contributed by atoms with Gasteiger partial charge in [0.05, 0.1) is 4.92 Å². The van der Waals surface area contributed by atoms with Crippen LogP contribution in [0.1, 0.15) is 24.8 Å². The van der Waals surface area contributed by atoms with Gasteiger partial charge in [-0.05, 0) is 44.7 Å². The third-order valence-corrected chi connectivity index (χ3v) is 3.45. The maximum atomic E-state index is 10.9. The third-order valence-electron chi connectivity index (χ3n) is 3.45. The summed E-state index contributed by atoms with van der Waals surface area (Å²) in [5, 5.41) is 14.2. The molecule has 1 fully saturated rings. The van der Waals surface area contributed by atoms with Crippen molar-refractivity contribution in [1.29, 1.82) is 0 Å². The molecule has 1 aliphatic rings. The van der Waals surface area contributed by atoms with E-state index in [0.717, 1.165) is 44.2 Å². The van der Waals surface area contributed by atoms with Crippen LogP contribution in [-0.4, -0.2) is 31.2 Å². The molecule has 0 bridgehead atoms. The summed E-state index contributed by atoms with van der Waals surface area (Å²) in [6, 6.07) is 6.92. The number of para-hydroxylation sites is 1. The van der Waals surface area contributed by atoms with E-state index in [1.165, 1.54) is 12.8 Å². The summed E-state index contributed by atoms with van der Waals surface area (Å²) in [7, 11) is 0. The molecular formula is C15H22N2O3. The van der Waals surface area contributed by atoms with E-state index in [2.05, 4.69) is 5.32 Å². The van der Waals surface area contributed by atoms with Crippen LogP contribution >= 0.6 is 0 Å². The van der Waals surface area contributed by atoms with E-state index in [1.54, 1.807) is 12.1 Å². The summed E-state index contributed by atoms with van der Waals surface area (Å²) in [4.78, 5) is 10.5. The largest absolute Gasteiger partial charge is 0.381 e. The van der Waals surface area contributed by atoms with Gasteiger partial charge in [0, 0.05) is 24.8 Å². The molecule has 0 spiro atoms. The second-order valence-electron chi connectivity index (χ2n) is 5.26. The Bertz CT molecular complexity index is 433. The Labute approximate surface area is 119 Å². The van der Waals surface area contributed by atoms with E-state index in [9.17, 15) is 10.1 Å². The highest BCUT2D eigenvalue weighted by atomic mass is 16.6. The first kappa shape index (κ1) is 14.9. The molecule has 0 unspecified atom stereocenters. The van der Waals surface area contributed by atoms with Crippen molar-refractivity contribution in [3.8, 4) is 0 Å². The number of hydrogen-bond donors (Lipinski definition) is 1. The smallest absolute Gasteiger partial charge is 0.272 e. The number of hydrogen-bond acceptors (Lipinski definition) is 4. The van der Waals surface area contributed by atoms with Crippen LogP contribution in [0.15, 0.2) is 24.3 Å². The topological polar surface area (TPSA) is 64.4 Å². The Hall–Kier alpha value is -1.46. The molecule has 5 nitrogen and oxygen atoms in total. The maximum Gasteiger partial charge on any atom is 0.272 e.